The van der Waals surface area contributed by atoms with Crippen molar-refractivity contribution in [2.24, 2.45) is 5.92 Å². The Morgan fingerprint density at radius 1 is 0.956 bits per heavy atom. The van der Waals surface area contributed by atoms with E-state index < -0.39 is 83.1 Å². The fourth-order valence-corrected chi connectivity index (χ4v) is 7.96. The van der Waals surface area contributed by atoms with Gasteiger partial charge in [-0.25, -0.2) is 24.1 Å². The van der Waals surface area contributed by atoms with Crippen LogP contribution in [0.4, 0.5) is 11.8 Å². The van der Waals surface area contributed by atoms with Gasteiger partial charge in [0.2, 0.25) is 5.95 Å². The third kappa shape index (κ3) is 5.34. The summed E-state index contributed by atoms with van der Waals surface area (Å²) in [6.07, 6.45) is -5.17. The minimum atomic E-state index is -5.02. The summed E-state index contributed by atoms with van der Waals surface area (Å²) in [7, 11) is -9.99. The van der Waals surface area contributed by atoms with Gasteiger partial charge >= 0.3 is 15.6 Å². The van der Waals surface area contributed by atoms with Crippen LogP contribution in [0.1, 0.15) is 18.7 Å². The largest absolute Gasteiger partial charge is 0.472 e. The molecule has 21 nitrogen and oxygen atoms in total. The Labute approximate surface area is 250 Å². The number of anilines is 2. The van der Waals surface area contributed by atoms with Crippen LogP contribution in [0.15, 0.2) is 29.7 Å². The third-order valence-corrected chi connectivity index (χ3v) is 10.0. The summed E-state index contributed by atoms with van der Waals surface area (Å²) in [6.45, 7) is -1.36. The summed E-state index contributed by atoms with van der Waals surface area (Å²) in [6, 6.07) is 0.838. The summed E-state index contributed by atoms with van der Waals surface area (Å²) in [5, 5.41) is 22.8. The van der Waals surface area contributed by atoms with Crippen molar-refractivity contribution in [1.29, 1.82) is 0 Å². The first kappa shape index (κ1) is 30.3. The lowest BCUT2D eigenvalue weighted by molar-refractivity contribution is -0.0612. The molecule has 2 saturated heterocycles. The number of hydrogen-bond acceptors (Lipinski definition) is 16. The van der Waals surface area contributed by atoms with E-state index >= 15 is 0 Å². The van der Waals surface area contributed by atoms with E-state index in [0.717, 1.165) is 10.9 Å². The fourth-order valence-electron chi connectivity index (χ4n) is 5.98. The van der Waals surface area contributed by atoms with E-state index in [-0.39, 0.29) is 29.4 Å². The van der Waals surface area contributed by atoms with Gasteiger partial charge in [0.15, 0.2) is 17.4 Å². The molecule has 2 aliphatic heterocycles. The number of H-pyrrole nitrogens is 1. The van der Waals surface area contributed by atoms with Crippen LogP contribution in [0, 0.1) is 5.92 Å². The highest BCUT2D eigenvalue weighted by atomic mass is 31.2. The molecular weight excluding hydrogens is 644 g/mol. The second-order valence-corrected chi connectivity index (χ2v) is 13.6. The van der Waals surface area contributed by atoms with Crippen molar-refractivity contribution < 1.29 is 52.0 Å². The standard InChI is InChI=1S/C22H27N9O12P2/c23-17-9-1-2-30(18(9)26-6-25-17)10-3-8-4-39-44(35,36)43-16-14(33)11(5-40-45(37,38)42-15(8)13(10)32)41-21(16)31-7-27-12-19(31)28-22(24)29-20(12)34/h1-2,6-8,10-11,13-16,21,32-33H,3-5H2,(H,35,36)(H,37,38)(H2,23,25,26)(H3,24,28,29,34)/t8-,10-,11-,13+,14-,15-,16-,21-/m1/s1. The van der Waals surface area contributed by atoms with Crippen LogP contribution in [-0.2, 0) is 32.0 Å². The SMILES string of the molecule is Nc1nc2c(ncn2[C@@H]2O[C@@H]3COP(=O)(O)O[C@@H]4[C@@H](COP(=O)(O)O[C@@H]2[C@@H]3O)C[C@@H](n2ccc3c(N)ncnc32)[C@@H]4O)c(=O)[nH]1. The van der Waals surface area contributed by atoms with Gasteiger partial charge in [-0.15, -0.1) is 0 Å². The number of ether oxygens (including phenoxy) is 1. The zero-order valence-electron chi connectivity index (χ0n) is 22.8. The Kier molecular flexibility index (Phi) is 7.34. The Balaban J connectivity index is 1.21. The van der Waals surface area contributed by atoms with Crippen LogP contribution in [0.25, 0.3) is 22.2 Å². The van der Waals surface area contributed by atoms with Gasteiger partial charge in [-0.1, -0.05) is 0 Å². The van der Waals surface area contributed by atoms with Gasteiger partial charge in [0.1, 0.15) is 48.3 Å². The normalized spacial score (nSPS) is 37.7. The number of phosphoric ester groups is 2. The van der Waals surface area contributed by atoms with Gasteiger partial charge in [0.05, 0.1) is 31.0 Å². The summed E-state index contributed by atoms with van der Waals surface area (Å²) < 4.78 is 56.2. The summed E-state index contributed by atoms with van der Waals surface area (Å²) in [5.41, 5.74) is 11.0. The monoisotopic (exact) mass is 671 g/mol. The number of aromatic nitrogens is 7. The predicted molar refractivity (Wildman–Crippen MR) is 149 cm³/mol. The molecule has 242 valence electrons. The molecule has 3 fully saturated rings. The molecule has 4 aromatic heterocycles. The Morgan fingerprint density at radius 3 is 2.47 bits per heavy atom. The smallest absolute Gasteiger partial charge is 0.388 e. The maximum atomic E-state index is 13.3. The molecule has 2 unspecified atom stereocenters. The van der Waals surface area contributed by atoms with Gasteiger partial charge in [-0.3, -0.25) is 32.4 Å². The van der Waals surface area contributed by atoms with Crippen molar-refractivity contribution in [2.45, 2.75) is 49.2 Å². The highest BCUT2D eigenvalue weighted by Gasteiger charge is 2.53. The number of aliphatic hydroxyl groups excluding tert-OH is 2. The third-order valence-electron chi connectivity index (χ3n) is 8.04. The topological polar surface area (TPSA) is 308 Å². The number of rotatable bonds is 2. The molecule has 45 heavy (non-hydrogen) atoms. The zero-order chi connectivity index (χ0) is 31.8. The van der Waals surface area contributed by atoms with Crippen molar-refractivity contribution in [1.82, 2.24) is 34.1 Å². The molecule has 0 spiro atoms. The van der Waals surface area contributed by atoms with Gasteiger partial charge < -0.3 is 40.8 Å². The maximum absolute atomic E-state index is 13.3. The van der Waals surface area contributed by atoms with Gasteiger partial charge in [0, 0.05) is 12.1 Å². The number of hydrogen-bond donors (Lipinski definition) is 7. The minimum absolute atomic E-state index is 0.0304. The van der Waals surface area contributed by atoms with E-state index in [2.05, 4.69) is 24.9 Å². The van der Waals surface area contributed by atoms with E-state index in [1.165, 1.54) is 6.33 Å². The Hall–Kier alpha value is -3.33. The molecule has 10 atom stereocenters. The number of nitrogens with two attached hydrogens (primary N) is 2. The van der Waals surface area contributed by atoms with Crippen molar-refractivity contribution >= 4 is 49.6 Å². The number of imidazole rings is 1. The van der Waals surface area contributed by atoms with Crippen LogP contribution < -0.4 is 17.0 Å². The molecule has 9 N–H and O–H groups in total. The lowest BCUT2D eigenvalue weighted by atomic mass is 10.1. The Bertz CT molecular complexity index is 1930. The number of nitrogens with one attached hydrogen (secondary N) is 1. The van der Waals surface area contributed by atoms with Crippen LogP contribution in [0.3, 0.4) is 0 Å². The first-order chi connectivity index (χ1) is 21.3. The predicted octanol–water partition coefficient (Wildman–Crippen LogP) is -1.07. The van der Waals surface area contributed by atoms with Crippen LogP contribution in [-0.4, -0.2) is 97.8 Å². The summed E-state index contributed by atoms with van der Waals surface area (Å²) in [5.74, 6) is -1.01. The first-order valence-corrected chi connectivity index (χ1v) is 16.4. The molecule has 4 aromatic rings. The average Bonchev–Trinajstić information content (AvgIpc) is 3.72. The molecule has 0 aromatic carbocycles. The number of aliphatic hydroxyl groups is 2. The van der Waals surface area contributed by atoms with E-state index in [0.29, 0.717) is 11.0 Å². The lowest BCUT2D eigenvalue weighted by Gasteiger charge is -2.27. The summed E-state index contributed by atoms with van der Waals surface area (Å²) >= 11 is 0. The minimum Gasteiger partial charge on any atom is -0.388 e. The van der Waals surface area contributed by atoms with E-state index in [4.69, 9.17) is 34.3 Å². The highest BCUT2D eigenvalue weighted by Crippen LogP contribution is 2.55. The maximum Gasteiger partial charge on any atom is 0.472 e. The molecule has 1 saturated carbocycles. The average molecular weight is 671 g/mol. The first-order valence-electron chi connectivity index (χ1n) is 13.4. The number of nitrogen functional groups attached to an aromatic ring is 2. The number of fused-ring (bicyclic) bond motifs is 5. The van der Waals surface area contributed by atoms with Crippen molar-refractivity contribution in [3.05, 3.63) is 35.3 Å². The second kappa shape index (κ2) is 10.9. The number of nitrogens with zero attached hydrogens (tertiary/aromatic N) is 6. The lowest BCUT2D eigenvalue weighted by Crippen LogP contribution is -2.35. The van der Waals surface area contributed by atoms with Gasteiger partial charge in [-0.2, -0.15) is 4.98 Å². The van der Waals surface area contributed by atoms with E-state index in [9.17, 15) is 33.9 Å². The molecule has 0 amide bonds. The van der Waals surface area contributed by atoms with Crippen molar-refractivity contribution in [2.75, 3.05) is 24.7 Å². The highest BCUT2D eigenvalue weighted by molar-refractivity contribution is 7.47. The van der Waals surface area contributed by atoms with Crippen LogP contribution in [0.5, 0.6) is 0 Å². The molecule has 7 rings (SSSR count). The molecule has 23 heteroatoms. The second-order valence-electron chi connectivity index (χ2n) is 10.8. The summed E-state index contributed by atoms with van der Waals surface area (Å²) in [4.78, 5) is 52.1. The molecule has 3 aliphatic rings. The van der Waals surface area contributed by atoms with Crippen LogP contribution in [0.2, 0.25) is 0 Å². The van der Waals surface area contributed by atoms with E-state index in [1.54, 1.807) is 16.8 Å². The molecule has 1 aliphatic carbocycles. The fraction of sp³-hybridized carbons (Fsp3) is 0.500. The Morgan fingerprint density at radius 2 is 1.69 bits per heavy atom. The molecular formula is C22H27N9O12P2. The van der Waals surface area contributed by atoms with Gasteiger partial charge in [-0.05, 0) is 12.5 Å². The quantitative estimate of drug-likeness (QED) is 0.125. The zero-order valence-corrected chi connectivity index (χ0v) is 24.6. The molecule has 6 heterocycles. The number of phosphoric acid groups is 2. The van der Waals surface area contributed by atoms with Crippen LogP contribution >= 0.6 is 15.6 Å². The van der Waals surface area contributed by atoms with Crippen molar-refractivity contribution in [3.8, 4) is 0 Å². The van der Waals surface area contributed by atoms with Crippen molar-refractivity contribution in [3.63, 3.8) is 0 Å². The van der Waals surface area contributed by atoms with Gasteiger partial charge in [0.25, 0.3) is 5.56 Å². The number of aromatic amines is 1. The molecule has 2 bridgehead atoms. The molecule has 0 radical (unpaired) electrons. The van der Waals surface area contributed by atoms with E-state index in [1.807, 2.05) is 0 Å².